The van der Waals surface area contributed by atoms with Gasteiger partial charge in [-0.3, -0.25) is 4.79 Å². The van der Waals surface area contributed by atoms with Gasteiger partial charge in [-0.25, -0.2) is 8.42 Å². The first-order chi connectivity index (χ1) is 15.4. The summed E-state index contributed by atoms with van der Waals surface area (Å²) in [7, 11) is -3.67. The Kier molecular flexibility index (Phi) is 6.85. The number of hydrogen-bond acceptors (Lipinski definition) is 5. The van der Waals surface area contributed by atoms with Crippen LogP contribution in [-0.2, 0) is 10.0 Å². The summed E-state index contributed by atoms with van der Waals surface area (Å²) in [6.45, 7) is 3.02. The Hall–Kier alpha value is -2.39. The second-order valence-electron chi connectivity index (χ2n) is 7.65. The maximum Gasteiger partial charge on any atom is 0.267 e. The number of rotatable bonds is 7. The van der Waals surface area contributed by atoms with E-state index in [0.29, 0.717) is 23.8 Å². The smallest absolute Gasteiger partial charge is 0.267 e. The minimum absolute atomic E-state index is 0.0543. The monoisotopic (exact) mass is 489 g/mol. The Morgan fingerprint density at radius 1 is 1.09 bits per heavy atom. The Labute approximate surface area is 197 Å². The van der Waals surface area contributed by atoms with Gasteiger partial charge in [0, 0.05) is 24.8 Å². The van der Waals surface area contributed by atoms with Gasteiger partial charge in [-0.15, -0.1) is 11.3 Å². The molecular weight excluding hydrogens is 466 g/mol. The number of amides is 1. The van der Waals surface area contributed by atoms with E-state index in [2.05, 4.69) is 10.6 Å². The van der Waals surface area contributed by atoms with Crippen LogP contribution in [0.5, 0.6) is 0 Å². The van der Waals surface area contributed by atoms with Crippen LogP contribution >= 0.6 is 22.9 Å². The van der Waals surface area contributed by atoms with Crippen LogP contribution in [-0.4, -0.2) is 31.7 Å². The van der Waals surface area contributed by atoms with E-state index >= 15 is 0 Å². The SMILES string of the molecule is CC(Nc1ccc(NC(=O)c2sccc2S(=O)(=O)N2CCCC2)cc1Cl)c1ccccc1. The average molecular weight is 490 g/mol. The normalized spacial score (nSPS) is 15.4. The van der Waals surface area contributed by atoms with Gasteiger partial charge in [0.1, 0.15) is 9.77 Å². The maximum absolute atomic E-state index is 12.9. The van der Waals surface area contributed by atoms with Gasteiger partial charge in [-0.2, -0.15) is 4.31 Å². The third kappa shape index (κ3) is 4.83. The van der Waals surface area contributed by atoms with E-state index in [4.69, 9.17) is 11.6 Å². The number of benzene rings is 2. The van der Waals surface area contributed by atoms with Gasteiger partial charge < -0.3 is 10.6 Å². The molecule has 2 heterocycles. The molecule has 32 heavy (non-hydrogen) atoms. The molecule has 1 aliphatic rings. The van der Waals surface area contributed by atoms with Gasteiger partial charge in [0.05, 0.1) is 10.7 Å². The largest absolute Gasteiger partial charge is 0.377 e. The first-order valence-corrected chi connectivity index (χ1v) is 13.1. The Morgan fingerprint density at radius 2 is 1.81 bits per heavy atom. The molecule has 1 fully saturated rings. The number of carbonyl (C=O) groups excluding carboxylic acids is 1. The molecule has 0 spiro atoms. The highest BCUT2D eigenvalue weighted by Crippen LogP contribution is 2.31. The summed E-state index contributed by atoms with van der Waals surface area (Å²) >= 11 is 7.56. The van der Waals surface area contributed by atoms with Crippen LogP contribution in [0.3, 0.4) is 0 Å². The third-order valence-corrected chi connectivity index (χ3v) is 8.71. The van der Waals surface area contributed by atoms with Gasteiger partial charge >= 0.3 is 0 Å². The molecule has 9 heteroatoms. The van der Waals surface area contributed by atoms with Gasteiger partial charge in [0.25, 0.3) is 5.91 Å². The summed E-state index contributed by atoms with van der Waals surface area (Å²) in [6, 6.07) is 16.8. The topological polar surface area (TPSA) is 78.5 Å². The van der Waals surface area contributed by atoms with E-state index in [1.165, 1.54) is 10.4 Å². The molecule has 0 aliphatic carbocycles. The fourth-order valence-electron chi connectivity index (χ4n) is 3.69. The molecule has 1 atom stereocenters. The Bertz CT molecular complexity index is 1210. The molecule has 0 bridgehead atoms. The molecule has 2 N–H and O–H groups in total. The number of nitrogens with zero attached hydrogens (tertiary/aromatic N) is 1. The zero-order valence-electron chi connectivity index (χ0n) is 17.5. The number of thiophene rings is 1. The average Bonchev–Trinajstić information content (AvgIpc) is 3.49. The molecule has 3 aromatic rings. The fourth-order valence-corrected chi connectivity index (χ4v) is 6.74. The molecule has 4 rings (SSSR count). The standard InChI is InChI=1S/C23H24ClN3O3S2/c1-16(17-7-3-2-4-8-17)25-20-10-9-18(15-19(20)24)26-23(28)22-21(11-14-31-22)32(29,30)27-12-5-6-13-27/h2-4,7-11,14-16,25H,5-6,12-13H2,1H3,(H,26,28). The number of halogens is 1. The van der Waals surface area contributed by atoms with Crippen LogP contribution in [0.25, 0.3) is 0 Å². The quantitative estimate of drug-likeness (QED) is 0.452. The zero-order chi connectivity index (χ0) is 22.7. The van der Waals surface area contributed by atoms with Crippen molar-refractivity contribution in [2.75, 3.05) is 23.7 Å². The summed E-state index contributed by atoms with van der Waals surface area (Å²) in [5.74, 6) is -0.466. The Morgan fingerprint density at radius 3 is 2.50 bits per heavy atom. The molecule has 1 saturated heterocycles. The van der Waals surface area contributed by atoms with Crippen molar-refractivity contribution in [3.05, 3.63) is 75.4 Å². The molecule has 1 aromatic heterocycles. The van der Waals surface area contributed by atoms with Crippen molar-refractivity contribution in [1.29, 1.82) is 0 Å². The molecule has 0 radical (unpaired) electrons. The van der Waals surface area contributed by atoms with Crippen LogP contribution in [0, 0.1) is 0 Å². The maximum atomic E-state index is 12.9. The summed E-state index contributed by atoms with van der Waals surface area (Å²) in [4.78, 5) is 13.1. The highest BCUT2D eigenvalue weighted by atomic mass is 35.5. The van der Waals surface area contributed by atoms with E-state index in [-0.39, 0.29) is 15.8 Å². The molecule has 168 valence electrons. The van der Waals surface area contributed by atoms with Crippen LogP contribution in [0.2, 0.25) is 5.02 Å². The molecule has 1 amide bonds. The number of hydrogen-bond donors (Lipinski definition) is 2. The van der Waals surface area contributed by atoms with Crippen LogP contribution < -0.4 is 10.6 Å². The highest BCUT2D eigenvalue weighted by molar-refractivity contribution is 7.89. The van der Waals surface area contributed by atoms with Gasteiger partial charge in [0.2, 0.25) is 10.0 Å². The third-order valence-electron chi connectivity index (χ3n) is 5.42. The van der Waals surface area contributed by atoms with Crippen LogP contribution in [0.15, 0.2) is 64.9 Å². The first-order valence-electron chi connectivity index (χ1n) is 10.4. The van der Waals surface area contributed by atoms with E-state index in [0.717, 1.165) is 35.4 Å². The second kappa shape index (κ2) is 9.62. The zero-order valence-corrected chi connectivity index (χ0v) is 19.9. The van der Waals surface area contributed by atoms with Gasteiger partial charge in [-0.05, 0) is 55.0 Å². The summed E-state index contributed by atoms with van der Waals surface area (Å²) in [5.41, 5.74) is 2.37. The van der Waals surface area contributed by atoms with E-state index in [9.17, 15) is 13.2 Å². The van der Waals surface area contributed by atoms with Crippen molar-refractivity contribution in [2.24, 2.45) is 0 Å². The molecule has 6 nitrogen and oxygen atoms in total. The minimum Gasteiger partial charge on any atom is -0.377 e. The van der Waals surface area contributed by atoms with Gasteiger partial charge in [0.15, 0.2) is 0 Å². The lowest BCUT2D eigenvalue weighted by Gasteiger charge is -2.18. The molecule has 1 aliphatic heterocycles. The van der Waals surface area contributed by atoms with Crippen molar-refractivity contribution in [3.8, 4) is 0 Å². The number of anilines is 2. The summed E-state index contributed by atoms with van der Waals surface area (Å²) < 4.78 is 27.3. The van der Waals surface area contributed by atoms with Crippen molar-refractivity contribution in [2.45, 2.75) is 30.7 Å². The van der Waals surface area contributed by atoms with E-state index < -0.39 is 15.9 Å². The summed E-state index contributed by atoms with van der Waals surface area (Å²) in [5, 5.41) is 8.23. The van der Waals surface area contributed by atoms with Crippen LogP contribution in [0.4, 0.5) is 11.4 Å². The second-order valence-corrected chi connectivity index (χ2v) is 10.9. The van der Waals surface area contributed by atoms with Crippen molar-refractivity contribution < 1.29 is 13.2 Å². The number of carbonyl (C=O) groups is 1. The molecule has 1 unspecified atom stereocenters. The van der Waals surface area contributed by atoms with Crippen molar-refractivity contribution in [1.82, 2.24) is 4.31 Å². The lowest BCUT2D eigenvalue weighted by Crippen LogP contribution is -2.29. The van der Waals surface area contributed by atoms with E-state index in [1.54, 1.807) is 23.6 Å². The molecule has 0 saturated carbocycles. The number of nitrogens with one attached hydrogen (secondary N) is 2. The predicted octanol–water partition coefficient (Wildman–Crippen LogP) is 5.61. The lowest BCUT2D eigenvalue weighted by atomic mass is 10.1. The molecular formula is C23H24ClN3O3S2. The Balaban J connectivity index is 1.48. The molecule has 2 aromatic carbocycles. The highest BCUT2D eigenvalue weighted by Gasteiger charge is 2.31. The van der Waals surface area contributed by atoms with Crippen molar-refractivity contribution >= 4 is 50.2 Å². The number of sulfonamides is 1. The lowest BCUT2D eigenvalue weighted by molar-refractivity contribution is 0.102. The predicted molar refractivity (Wildman–Crippen MR) is 130 cm³/mol. The minimum atomic E-state index is -3.67. The van der Waals surface area contributed by atoms with Crippen LogP contribution in [0.1, 0.15) is 41.0 Å². The first kappa shape index (κ1) is 22.8. The van der Waals surface area contributed by atoms with Crippen molar-refractivity contribution in [3.63, 3.8) is 0 Å². The summed E-state index contributed by atoms with van der Waals surface area (Å²) in [6.07, 6.45) is 1.68. The fraction of sp³-hybridized carbons (Fsp3) is 0.261. The van der Waals surface area contributed by atoms with E-state index in [1.807, 2.05) is 37.3 Å². The van der Waals surface area contributed by atoms with Gasteiger partial charge in [-0.1, -0.05) is 41.9 Å².